The monoisotopic (exact) mass is 497 g/mol. The van der Waals surface area contributed by atoms with Gasteiger partial charge < -0.3 is 9.10 Å². The molecule has 0 radical (unpaired) electrons. The minimum absolute atomic E-state index is 0.430. The van der Waals surface area contributed by atoms with Gasteiger partial charge in [0.1, 0.15) is 6.29 Å². The van der Waals surface area contributed by atoms with Crippen molar-refractivity contribution >= 4 is 30.0 Å². The van der Waals surface area contributed by atoms with Crippen LogP contribution in [0.3, 0.4) is 0 Å². The van der Waals surface area contributed by atoms with E-state index in [1.807, 2.05) is 0 Å². The summed E-state index contributed by atoms with van der Waals surface area (Å²) in [6.45, 7) is 9.69. The molecule has 0 spiro atoms. The van der Waals surface area contributed by atoms with Crippen molar-refractivity contribution in [2.45, 2.75) is 72.8 Å². The van der Waals surface area contributed by atoms with E-state index in [4.69, 9.17) is 0 Å². The third kappa shape index (κ3) is 5.32. The molecular weight excluding hydrogens is 458 g/mol. The maximum absolute atomic E-state index is 11.8. The van der Waals surface area contributed by atoms with Crippen LogP contribution in [0.25, 0.3) is 28.3 Å². The number of carbonyl (C=O) groups is 1. The summed E-state index contributed by atoms with van der Waals surface area (Å²) in [5.74, 6) is 0. The van der Waals surface area contributed by atoms with Crippen molar-refractivity contribution in [2.24, 2.45) is 0 Å². The topological polar surface area (TPSA) is 20.3 Å². The average molecular weight is 498 g/mol. The number of aldehydes is 1. The highest BCUT2D eigenvalue weighted by molar-refractivity contribution is 7.99. The van der Waals surface area contributed by atoms with Gasteiger partial charge in [-0.3, -0.25) is 0 Å². The second-order valence-corrected chi connectivity index (χ2v) is 10.8. The molecule has 0 bridgehead atoms. The fourth-order valence-electron chi connectivity index (χ4n) is 5.50. The first-order chi connectivity index (χ1) is 17.5. The number of anilines is 1. The first-order valence-corrected chi connectivity index (χ1v) is 14.5. The molecule has 3 heteroatoms. The zero-order chi connectivity index (χ0) is 25.7. The lowest BCUT2D eigenvalue weighted by Gasteiger charge is -2.36. The fourth-order valence-corrected chi connectivity index (χ4v) is 6.18. The number of fused-ring (bicyclic) bond motifs is 3. The van der Waals surface area contributed by atoms with E-state index >= 15 is 0 Å². The number of rotatable bonds is 10. The van der Waals surface area contributed by atoms with Crippen molar-refractivity contribution in [3.63, 3.8) is 0 Å². The highest BCUT2D eigenvalue weighted by Gasteiger charge is 2.29. The van der Waals surface area contributed by atoms with Gasteiger partial charge in [0, 0.05) is 18.2 Å². The van der Waals surface area contributed by atoms with Crippen molar-refractivity contribution in [3.8, 4) is 22.3 Å². The number of hydrogen-bond donors (Lipinski definition) is 0. The molecule has 0 saturated carbocycles. The highest BCUT2D eigenvalue weighted by Crippen LogP contribution is 2.50. The summed E-state index contributed by atoms with van der Waals surface area (Å²) in [5, 5.41) is 0. The van der Waals surface area contributed by atoms with E-state index < -0.39 is 0 Å². The Bertz CT molecular complexity index is 1260. The molecule has 0 amide bonds. The first kappa shape index (κ1) is 26.3. The molecule has 0 fully saturated rings. The average Bonchev–Trinajstić information content (AvgIpc) is 2.89. The summed E-state index contributed by atoms with van der Waals surface area (Å²) in [6.07, 6.45) is 14.6. The molecule has 1 aliphatic heterocycles. The summed E-state index contributed by atoms with van der Waals surface area (Å²) in [4.78, 5) is 11.8. The SMILES string of the molecule is CCCCCC/C=C/c1ccc2c(c1)-c1c(C)c(-c3ccc(C)cc3)c(CC=O)c(C)c1N(SC)C2. The third-order valence-electron chi connectivity index (χ3n) is 7.45. The molecule has 36 heavy (non-hydrogen) atoms. The molecule has 3 aromatic carbocycles. The quantitative estimate of drug-likeness (QED) is 0.158. The molecule has 0 aliphatic carbocycles. The Morgan fingerprint density at radius 3 is 2.42 bits per heavy atom. The van der Waals surface area contributed by atoms with Gasteiger partial charge in [-0.05, 0) is 84.2 Å². The highest BCUT2D eigenvalue weighted by atomic mass is 32.2. The van der Waals surface area contributed by atoms with Gasteiger partial charge in [0.15, 0.2) is 0 Å². The van der Waals surface area contributed by atoms with Crippen molar-refractivity contribution in [1.29, 1.82) is 0 Å². The predicted octanol–water partition coefficient (Wildman–Crippen LogP) is 9.27. The number of allylic oxidation sites excluding steroid dienone is 1. The molecule has 0 aromatic heterocycles. The van der Waals surface area contributed by atoms with Gasteiger partial charge in [0.05, 0.1) is 12.2 Å². The summed E-state index contributed by atoms with van der Waals surface area (Å²) in [5.41, 5.74) is 13.8. The summed E-state index contributed by atoms with van der Waals surface area (Å²) < 4.78 is 2.40. The molecule has 1 heterocycles. The van der Waals surface area contributed by atoms with Gasteiger partial charge >= 0.3 is 0 Å². The Labute approximate surface area is 222 Å². The number of hydrogen-bond acceptors (Lipinski definition) is 3. The molecule has 2 nitrogen and oxygen atoms in total. The summed E-state index contributed by atoms with van der Waals surface area (Å²) in [7, 11) is 0. The number of nitrogens with zero attached hydrogens (tertiary/aromatic N) is 1. The summed E-state index contributed by atoms with van der Waals surface area (Å²) in [6, 6.07) is 15.7. The maximum atomic E-state index is 11.8. The lowest BCUT2D eigenvalue weighted by Crippen LogP contribution is -2.22. The smallest absolute Gasteiger partial charge is 0.124 e. The molecule has 4 rings (SSSR count). The molecule has 0 atom stereocenters. The van der Waals surface area contributed by atoms with Crippen LogP contribution in [0.2, 0.25) is 0 Å². The van der Waals surface area contributed by atoms with Crippen LogP contribution < -0.4 is 4.31 Å². The number of unbranched alkanes of at least 4 members (excludes halogenated alkanes) is 4. The van der Waals surface area contributed by atoms with Crippen molar-refractivity contribution in [1.82, 2.24) is 0 Å². The Hall–Kier alpha value is -2.78. The van der Waals surface area contributed by atoms with Crippen molar-refractivity contribution in [3.05, 3.63) is 81.9 Å². The lowest BCUT2D eigenvalue weighted by molar-refractivity contribution is -0.107. The van der Waals surface area contributed by atoms with Crippen LogP contribution in [0, 0.1) is 20.8 Å². The second kappa shape index (κ2) is 12.0. The molecule has 0 saturated heterocycles. The van der Waals surface area contributed by atoms with E-state index in [0.717, 1.165) is 24.8 Å². The molecule has 0 unspecified atom stereocenters. The van der Waals surface area contributed by atoms with Crippen LogP contribution in [0.15, 0.2) is 48.5 Å². The van der Waals surface area contributed by atoms with Gasteiger partial charge in [-0.15, -0.1) is 0 Å². The standard InChI is InChI=1S/C33H39NOS/c1-6-7-8-9-10-11-12-26-15-18-28-22-34(36-5)33-24(3)29(19-20-35)31(25(4)32(33)30(28)21-26)27-16-13-23(2)14-17-27/h11-18,20-21H,6-10,19,22H2,1-5H3/b12-11+. The zero-order valence-corrected chi connectivity index (χ0v) is 23.3. The van der Waals surface area contributed by atoms with Crippen molar-refractivity contribution in [2.75, 3.05) is 10.6 Å². The maximum Gasteiger partial charge on any atom is 0.124 e. The Kier molecular flexibility index (Phi) is 8.74. The predicted molar refractivity (Wildman–Crippen MR) is 159 cm³/mol. The van der Waals surface area contributed by atoms with Crippen LogP contribution in [-0.2, 0) is 17.8 Å². The van der Waals surface area contributed by atoms with E-state index in [9.17, 15) is 4.79 Å². The molecular formula is C33H39NOS. The van der Waals surface area contributed by atoms with Crippen LogP contribution in [0.4, 0.5) is 5.69 Å². The van der Waals surface area contributed by atoms with E-state index in [2.05, 4.69) is 92.9 Å². The van der Waals surface area contributed by atoms with Gasteiger partial charge in [-0.1, -0.05) is 92.2 Å². The minimum Gasteiger partial charge on any atom is -0.311 e. The number of aryl methyl sites for hydroxylation is 1. The Morgan fingerprint density at radius 1 is 0.944 bits per heavy atom. The van der Waals surface area contributed by atoms with Gasteiger partial charge in [-0.2, -0.15) is 0 Å². The van der Waals surface area contributed by atoms with E-state index in [-0.39, 0.29) is 0 Å². The lowest BCUT2D eigenvalue weighted by atomic mass is 9.80. The van der Waals surface area contributed by atoms with Gasteiger partial charge in [0.25, 0.3) is 0 Å². The second-order valence-electron chi connectivity index (χ2n) is 9.95. The van der Waals surface area contributed by atoms with Crippen LogP contribution in [-0.4, -0.2) is 12.5 Å². The molecule has 3 aromatic rings. The number of carbonyl (C=O) groups excluding carboxylic acids is 1. The zero-order valence-electron chi connectivity index (χ0n) is 22.5. The third-order valence-corrected chi connectivity index (χ3v) is 8.20. The minimum atomic E-state index is 0.430. The van der Waals surface area contributed by atoms with E-state index in [1.165, 1.54) is 81.4 Å². The molecule has 188 valence electrons. The normalized spacial score (nSPS) is 12.6. The van der Waals surface area contributed by atoms with Crippen LogP contribution in [0.5, 0.6) is 0 Å². The first-order valence-electron chi connectivity index (χ1n) is 13.3. The van der Waals surface area contributed by atoms with Crippen LogP contribution in [0.1, 0.15) is 72.4 Å². The number of benzene rings is 3. The fraction of sp³-hybridized carbons (Fsp3) is 0.364. The van der Waals surface area contributed by atoms with E-state index in [1.54, 1.807) is 11.9 Å². The largest absolute Gasteiger partial charge is 0.311 e. The van der Waals surface area contributed by atoms with E-state index in [0.29, 0.717) is 6.42 Å². The van der Waals surface area contributed by atoms with Crippen molar-refractivity contribution < 1.29 is 4.79 Å². The molecule has 0 N–H and O–H groups in total. The van der Waals surface area contributed by atoms with Crippen LogP contribution >= 0.6 is 11.9 Å². The Balaban J connectivity index is 1.86. The Morgan fingerprint density at radius 2 is 1.72 bits per heavy atom. The van der Waals surface area contributed by atoms with Gasteiger partial charge in [0.2, 0.25) is 0 Å². The summed E-state index contributed by atoms with van der Waals surface area (Å²) >= 11 is 1.76. The van der Waals surface area contributed by atoms with Gasteiger partial charge in [-0.25, -0.2) is 0 Å². The molecule has 1 aliphatic rings.